The summed E-state index contributed by atoms with van der Waals surface area (Å²) in [6.07, 6.45) is 6.12. The Morgan fingerprint density at radius 3 is 2.49 bits per heavy atom. The Balaban J connectivity index is 1.11. The van der Waals surface area contributed by atoms with Crippen LogP contribution in [0.5, 0.6) is 0 Å². The van der Waals surface area contributed by atoms with Crippen molar-refractivity contribution < 1.29 is 38.2 Å². The first-order chi connectivity index (χ1) is 33.7. The highest BCUT2D eigenvalue weighted by Crippen LogP contribution is 2.40. The molecule has 6 heterocycles. The summed E-state index contributed by atoms with van der Waals surface area (Å²) in [6.45, 7) is 14.9. The van der Waals surface area contributed by atoms with E-state index in [2.05, 4.69) is 81.0 Å². The molecule has 4 amide bonds. The fourth-order valence-corrected chi connectivity index (χ4v) is 10.5. The third kappa shape index (κ3) is 10.9. The monoisotopic (exact) mass is 958 g/mol. The Labute approximate surface area is 410 Å². The second kappa shape index (κ2) is 21.8. The number of aryl methyl sites for hydroxylation is 1. The number of hydrazine groups is 1. The molecule has 1 unspecified atom stereocenters. The molecule has 0 saturated carbocycles. The van der Waals surface area contributed by atoms with Crippen LogP contribution in [0, 0.1) is 29.1 Å². The molecule has 8 rings (SSSR count). The van der Waals surface area contributed by atoms with Crippen molar-refractivity contribution in [1.82, 2.24) is 45.0 Å². The molecular formula is C53H67N9O8. The number of nitrogens with one attached hydrogen (secondary N) is 2. The minimum Gasteiger partial charge on any atom is -0.464 e. The van der Waals surface area contributed by atoms with Crippen LogP contribution >= 0.6 is 0 Å². The van der Waals surface area contributed by atoms with Gasteiger partial charge in [-0.2, -0.15) is 0 Å². The number of likely N-dealkylation sites (tertiary alicyclic amines) is 1. The molecule has 4 aromatic rings. The number of nitrogens with zero attached hydrogens (tertiary/aromatic N) is 7. The van der Waals surface area contributed by atoms with Gasteiger partial charge in [-0.25, -0.2) is 15.4 Å². The van der Waals surface area contributed by atoms with Crippen molar-refractivity contribution in [2.45, 2.75) is 91.1 Å². The zero-order valence-electron chi connectivity index (χ0n) is 41.5. The first-order valence-electron chi connectivity index (χ1n) is 24.6. The van der Waals surface area contributed by atoms with E-state index in [9.17, 15) is 19.2 Å². The van der Waals surface area contributed by atoms with Gasteiger partial charge in [0.05, 0.1) is 38.0 Å². The Kier molecular flexibility index (Phi) is 15.7. The maximum atomic E-state index is 15.0. The smallest absolute Gasteiger partial charge is 0.324 e. The van der Waals surface area contributed by atoms with Gasteiger partial charge in [0, 0.05) is 87.7 Å². The highest BCUT2D eigenvalue weighted by Gasteiger charge is 2.43. The van der Waals surface area contributed by atoms with Gasteiger partial charge in [0.2, 0.25) is 11.8 Å². The van der Waals surface area contributed by atoms with Crippen molar-refractivity contribution >= 4 is 40.5 Å². The number of morpholine rings is 1. The highest BCUT2D eigenvalue weighted by atomic mass is 16.5. The van der Waals surface area contributed by atoms with Gasteiger partial charge in [0.1, 0.15) is 30.6 Å². The number of carbonyl (C=O) groups is 5. The topological polar surface area (TPSA) is 181 Å². The molecule has 4 aliphatic rings. The summed E-state index contributed by atoms with van der Waals surface area (Å²) < 4.78 is 20.0. The maximum absolute atomic E-state index is 15.0. The summed E-state index contributed by atoms with van der Waals surface area (Å²) in [4.78, 5) is 85.0. The van der Waals surface area contributed by atoms with Crippen molar-refractivity contribution in [3.8, 4) is 34.2 Å². The van der Waals surface area contributed by atoms with Crippen LogP contribution in [0.1, 0.15) is 71.1 Å². The minimum atomic E-state index is -1.29. The molecule has 2 aromatic heterocycles. The fourth-order valence-electron chi connectivity index (χ4n) is 10.5. The van der Waals surface area contributed by atoms with Gasteiger partial charge in [-0.1, -0.05) is 57.9 Å². The molecule has 2 N–H and O–H groups in total. The van der Waals surface area contributed by atoms with Crippen LogP contribution in [-0.2, 0) is 51.1 Å². The van der Waals surface area contributed by atoms with Crippen molar-refractivity contribution in [2.24, 2.45) is 17.3 Å². The molecule has 0 spiro atoms. The van der Waals surface area contributed by atoms with E-state index in [0.29, 0.717) is 64.1 Å². The van der Waals surface area contributed by atoms with Gasteiger partial charge in [-0.3, -0.25) is 33.9 Å². The molecule has 4 aliphatic heterocycles. The first-order valence-corrected chi connectivity index (χ1v) is 24.6. The SMILES string of the molecule is CCn1c(-c2cncnc2)c2c3cc(ccc31)-c1cccc(c1)[C@H](OC)[C@H](NC(=O)C(C(C)C)N(C)C(=O)[C@H]1CCN(C(=O)C#CCN3CCOCC3)C1)C(=O)N1CCC[C@H](N1)C(=O)OCC(C)(C)C2. The van der Waals surface area contributed by atoms with Crippen LogP contribution < -0.4 is 10.7 Å². The number of hydrogen-bond acceptors (Lipinski definition) is 12. The molecule has 372 valence electrons. The van der Waals surface area contributed by atoms with Crippen molar-refractivity contribution in [1.29, 1.82) is 0 Å². The number of amides is 4. The number of ether oxygens (including phenoxy) is 3. The Bertz CT molecular complexity index is 2630. The van der Waals surface area contributed by atoms with Gasteiger partial charge >= 0.3 is 5.97 Å². The molecule has 5 atom stereocenters. The average molecular weight is 958 g/mol. The summed E-state index contributed by atoms with van der Waals surface area (Å²) in [6, 6.07) is 11.1. The molecule has 2 aromatic carbocycles. The van der Waals surface area contributed by atoms with Crippen molar-refractivity contribution in [3.63, 3.8) is 0 Å². The van der Waals surface area contributed by atoms with Crippen LogP contribution in [-0.4, -0.2) is 155 Å². The van der Waals surface area contributed by atoms with Crippen LogP contribution in [0.15, 0.2) is 61.2 Å². The second-order valence-electron chi connectivity index (χ2n) is 20.0. The van der Waals surface area contributed by atoms with Crippen LogP contribution in [0.25, 0.3) is 33.3 Å². The normalized spacial score (nSPS) is 22.5. The number of hydrogen-bond donors (Lipinski definition) is 2. The van der Waals surface area contributed by atoms with E-state index in [4.69, 9.17) is 14.2 Å². The van der Waals surface area contributed by atoms with E-state index in [0.717, 1.165) is 51.9 Å². The van der Waals surface area contributed by atoms with Crippen molar-refractivity contribution in [2.75, 3.05) is 73.2 Å². The number of likely N-dealkylation sites (N-methyl/N-ethyl adjacent to an activating group) is 1. The third-order valence-electron chi connectivity index (χ3n) is 14.1. The molecule has 3 fully saturated rings. The minimum absolute atomic E-state index is 0.120. The van der Waals surface area contributed by atoms with E-state index in [1.54, 1.807) is 11.9 Å². The molecule has 6 bridgehead atoms. The lowest BCUT2D eigenvalue weighted by Crippen LogP contribution is -2.63. The van der Waals surface area contributed by atoms with Crippen LogP contribution in [0.3, 0.4) is 0 Å². The Hall–Kier alpha value is -6.19. The number of carbonyl (C=O) groups excluding carboxylic acids is 5. The summed E-state index contributed by atoms with van der Waals surface area (Å²) in [7, 11) is 3.09. The Morgan fingerprint density at radius 1 is 1.00 bits per heavy atom. The standard InChI is InChI=1S/C53H67N9O8/c1-8-61-43-17-16-36-27-40(43)41(47(61)39-29-54-33-55-30-39)28-53(4,5)32-70-52(67)42-14-10-20-62(57-42)51(66)45(48(68-7)37-13-9-12-35(36)26-37)56-49(64)46(34(2)3)58(6)50(65)38-18-21-60(31-38)44(63)15-11-19-59-22-24-69-25-23-59/h9,12-13,16-17,26-27,29-30,33-34,38,42,45-46,48,57H,8,10,14,18-25,28,31-32H2,1-7H3,(H,56,64)/t38-,42-,45-,46?,48-/m0/s1. The zero-order valence-corrected chi connectivity index (χ0v) is 41.5. The molecule has 17 heteroatoms. The highest BCUT2D eigenvalue weighted by molar-refractivity contribution is 5.97. The lowest BCUT2D eigenvalue weighted by atomic mass is 9.84. The number of benzene rings is 2. The number of fused-ring (bicyclic) bond motifs is 6. The van der Waals surface area contributed by atoms with Crippen LogP contribution in [0.2, 0.25) is 0 Å². The van der Waals surface area contributed by atoms with Crippen LogP contribution in [0.4, 0.5) is 0 Å². The van der Waals surface area contributed by atoms with Gasteiger partial charge < -0.3 is 33.9 Å². The summed E-state index contributed by atoms with van der Waals surface area (Å²) in [5.41, 5.74) is 9.10. The number of aromatic nitrogens is 3. The van der Waals surface area contributed by atoms with Crippen molar-refractivity contribution in [3.05, 3.63) is 72.3 Å². The summed E-state index contributed by atoms with van der Waals surface area (Å²) >= 11 is 0. The van der Waals surface area contributed by atoms with E-state index in [1.165, 1.54) is 23.3 Å². The summed E-state index contributed by atoms with van der Waals surface area (Å²) in [5, 5.41) is 5.48. The second-order valence-corrected chi connectivity index (χ2v) is 20.0. The number of esters is 1. The largest absolute Gasteiger partial charge is 0.464 e. The average Bonchev–Trinajstić information content (AvgIpc) is 3.98. The first kappa shape index (κ1) is 50.2. The molecule has 3 saturated heterocycles. The van der Waals surface area contributed by atoms with Gasteiger partial charge in [0.25, 0.3) is 11.8 Å². The van der Waals surface area contributed by atoms with E-state index < -0.39 is 53.3 Å². The lowest BCUT2D eigenvalue weighted by Gasteiger charge is -2.38. The quantitative estimate of drug-likeness (QED) is 0.180. The molecule has 0 aliphatic carbocycles. The van der Waals surface area contributed by atoms with Gasteiger partial charge in [-0.05, 0) is 84.9 Å². The number of cyclic esters (lactones) is 1. The molecule has 0 radical (unpaired) electrons. The zero-order chi connectivity index (χ0) is 49.7. The Morgan fingerprint density at radius 2 is 1.76 bits per heavy atom. The van der Waals surface area contributed by atoms with Gasteiger partial charge in [-0.15, -0.1) is 0 Å². The third-order valence-corrected chi connectivity index (χ3v) is 14.1. The molecule has 17 nitrogen and oxygen atoms in total. The molecule has 70 heavy (non-hydrogen) atoms. The predicted octanol–water partition coefficient (Wildman–Crippen LogP) is 4.25. The maximum Gasteiger partial charge on any atom is 0.324 e. The molecular weight excluding hydrogens is 891 g/mol. The summed E-state index contributed by atoms with van der Waals surface area (Å²) in [5.74, 6) is 2.67. The number of methoxy groups -OCH3 is 1. The predicted molar refractivity (Wildman–Crippen MR) is 263 cm³/mol. The fraction of sp³-hybridized carbons (Fsp3) is 0.528. The van der Waals surface area contributed by atoms with E-state index >= 15 is 4.79 Å². The lowest BCUT2D eigenvalue weighted by molar-refractivity contribution is -0.157. The van der Waals surface area contributed by atoms with E-state index in [1.807, 2.05) is 50.5 Å². The number of rotatable bonds is 9. The van der Waals surface area contributed by atoms with Gasteiger partial charge in [0.15, 0.2) is 0 Å². The van der Waals surface area contributed by atoms with E-state index in [-0.39, 0.29) is 37.4 Å².